The SMILES string of the molecule is N#CN=S=CS.[K].[K]. The van der Waals surface area contributed by atoms with Crippen LogP contribution in [0.5, 0.6) is 0 Å². The molecule has 0 amide bonds. The van der Waals surface area contributed by atoms with Crippen LogP contribution < -0.4 is 0 Å². The van der Waals surface area contributed by atoms with Gasteiger partial charge in [0.25, 0.3) is 0 Å². The van der Waals surface area contributed by atoms with Crippen LogP contribution in [-0.4, -0.2) is 107 Å². The second kappa shape index (κ2) is 16.5. The minimum absolute atomic E-state index is 0. The molecule has 0 fully saturated rings. The minimum Gasteiger partial charge on any atom is -0.170 e. The van der Waals surface area contributed by atoms with Crippen LogP contribution in [0.15, 0.2) is 4.36 Å². The van der Waals surface area contributed by atoms with E-state index in [4.69, 9.17) is 5.26 Å². The first kappa shape index (κ1) is 17.2. The summed E-state index contributed by atoms with van der Waals surface area (Å²) in [6.07, 6.45) is 1.58. The summed E-state index contributed by atoms with van der Waals surface area (Å²) in [6, 6.07) is 0. The molecule has 0 heterocycles. The monoisotopic (exact) mass is 196 g/mol. The molecule has 34 valence electrons. The van der Waals surface area contributed by atoms with Gasteiger partial charge in [-0.25, -0.2) is 0 Å². The van der Waals surface area contributed by atoms with E-state index in [9.17, 15) is 0 Å². The fourth-order valence-electron chi connectivity index (χ4n) is 0.0471. The summed E-state index contributed by atoms with van der Waals surface area (Å²) in [5.74, 6) is 0. The first-order chi connectivity index (χ1) is 2.91. The third-order valence-corrected chi connectivity index (χ3v) is 0.705. The molecule has 0 unspecified atom stereocenters. The van der Waals surface area contributed by atoms with E-state index in [0.717, 1.165) is 11.1 Å². The second-order valence-electron chi connectivity index (χ2n) is 0.402. The predicted octanol–water partition coefficient (Wildman–Crippen LogP) is -0.338. The van der Waals surface area contributed by atoms with Crippen molar-refractivity contribution >= 4 is 131 Å². The van der Waals surface area contributed by atoms with Crippen molar-refractivity contribution in [2.45, 2.75) is 0 Å². The summed E-state index contributed by atoms with van der Waals surface area (Å²) < 4.78 is 4.61. The molecule has 0 aliphatic heterocycles. The summed E-state index contributed by atoms with van der Waals surface area (Å²) in [7, 11) is 0. The summed E-state index contributed by atoms with van der Waals surface area (Å²) in [4.78, 5) is 0. The number of nitrogens with zero attached hydrogens (tertiary/aromatic N) is 2. The molecule has 8 heavy (non-hydrogen) atoms. The van der Waals surface area contributed by atoms with E-state index in [1.54, 1.807) is 6.19 Å². The summed E-state index contributed by atoms with van der Waals surface area (Å²) >= 11 is 4.66. The van der Waals surface area contributed by atoms with Gasteiger partial charge >= 0.3 is 0 Å². The van der Waals surface area contributed by atoms with Crippen LogP contribution in [-0.2, 0) is 11.1 Å². The molecule has 6 heteroatoms. The minimum atomic E-state index is 0. The Balaban J connectivity index is -0.000000125. The van der Waals surface area contributed by atoms with Gasteiger partial charge in [-0.05, 0) is 11.1 Å². The van der Waals surface area contributed by atoms with Gasteiger partial charge in [0.15, 0.2) is 0 Å². The fraction of sp³-hybridized carbons (Fsp3) is 0. The van der Waals surface area contributed by atoms with Crippen molar-refractivity contribution < 1.29 is 0 Å². The van der Waals surface area contributed by atoms with Gasteiger partial charge in [-0.1, -0.05) is 0 Å². The van der Waals surface area contributed by atoms with Crippen molar-refractivity contribution in [3.8, 4) is 6.19 Å². The van der Waals surface area contributed by atoms with E-state index < -0.39 is 0 Å². The summed E-state index contributed by atoms with van der Waals surface area (Å²) in [5, 5.41) is 7.71. The third kappa shape index (κ3) is 16.0. The van der Waals surface area contributed by atoms with Crippen molar-refractivity contribution in [2.75, 3.05) is 0 Å². The van der Waals surface area contributed by atoms with Crippen molar-refractivity contribution in [3.05, 3.63) is 0 Å². The van der Waals surface area contributed by atoms with Gasteiger partial charge in [0.05, 0.1) is 0 Å². The molecular weight excluding hydrogens is 194 g/mol. The van der Waals surface area contributed by atoms with Crippen molar-refractivity contribution in [1.29, 1.82) is 5.26 Å². The molecular formula is C2H2K2N2S2. The Kier molecular flexibility index (Phi) is 35.5. The van der Waals surface area contributed by atoms with Crippen LogP contribution in [0, 0.1) is 11.5 Å². The first-order valence-electron chi connectivity index (χ1n) is 1.12. The molecule has 0 N–H and O–H groups in total. The Hall–Kier alpha value is 3.00. The average Bonchev–Trinajstić information content (AvgIpc) is 1.61. The Bertz CT molecular complexity index is 122. The quantitative estimate of drug-likeness (QED) is 0.245. The number of thiol groups is 1. The van der Waals surface area contributed by atoms with Gasteiger partial charge in [0.1, 0.15) is 0 Å². The molecule has 0 saturated heterocycles. The Morgan fingerprint density at radius 1 is 1.62 bits per heavy atom. The molecule has 2 nitrogen and oxygen atoms in total. The zero-order chi connectivity index (χ0) is 4.83. The number of rotatable bonds is 0. The number of nitriles is 1. The van der Waals surface area contributed by atoms with E-state index in [2.05, 4.69) is 17.0 Å². The van der Waals surface area contributed by atoms with Crippen LogP contribution in [0.3, 0.4) is 0 Å². The van der Waals surface area contributed by atoms with Gasteiger partial charge in [-0.2, -0.15) is 5.26 Å². The maximum atomic E-state index is 7.71. The zero-order valence-corrected chi connectivity index (χ0v) is 12.8. The molecule has 0 spiro atoms. The Morgan fingerprint density at radius 3 is 2.25 bits per heavy atom. The maximum absolute atomic E-state index is 7.71. The van der Waals surface area contributed by atoms with Gasteiger partial charge in [0.2, 0.25) is 6.19 Å². The fourth-order valence-corrected chi connectivity index (χ4v) is 0.283. The van der Waals surface area contributed by atoms with Crippen LogP contribution >= 0.6 is 12.6 Å². The molecule has 2 radical (unpaired) electrons. The van der Waals surface area contributed by atoms with E-state index in [0.29, 0.717) is 0 Å². The van der Waals surface area contributed by atoms with E-state index in [1.165, 1.54) is 4.70 Å². The average molecular weight is 196 g/mol. The molecule has 0 aromatic carbocycles. The number of hydrogen-bond donors (Lipinski definition) is 1. The number of hydrogen-bond acceptors (Lipinski definition) is 2. The molecule has 0 aromatic heterocycles. The topological polar surface area (TPSA) is 36.1 Å². The van der Waals surface area contributed by atoms with Gasteiger partial charge in [0, 0.05) is 107 Å². The van der Waals surface area contributed by atoms with E-state index >= 15 is 0 Å². The van der Waals surface area contributed by atoms with Crippen LogP contribution in [0.25, 0.3) is 0 Å². The van der Waals surface area contributed by atoms with Gasteiger partial charge < -0.3 is 0 Å². The van der Waals surface area contributed by atoms with E-state index in [-0.39, 0.29) is 103 Å². The standard InChI is InChI=1S/C2H2N2S2.2K/c3-1-4-6-2-5;;/h2,5H;;. The van der Waals surface area contributed by atoms with Crippen LogP contribution in [0.2, 0.25) is 0 Å². The molecule has 0 saturated carbocycles. The zero-order valence-electron chi connectivity index (χ0n) is 4.83. The van der Waals surface area contributed by atoms with Crippen molar-refractivity contribution in [1.82, 2.24) is 0 Å². The summed E-state index contributed by atoms with van der Waals surface area (Å²) in [5.41, 5.74) is 0. The Labute approximate surface area is 143 Å². The normalized spacial score (nSPS) is 4.00. The smallest absolute Gasteiger partial charge is 0.170 e. The molecule has 0 bridgehead atoms. The molecule has 0 atom stereocenters. The van der Waals surface area contributed by atoms with Crippen LogP contribution in [0.1, 0.15) is 0 Å². The van der Waals surface area contributed by atoms with E-state index in [1.807, 2.05) is 0 Å². The predicted molar refractivity (Wildman–Crippen MR) is 42.0 cm³/mol. The third-order valence-electron chi connectivity index (χ3n) is 0.141. The molecule has 0 aliphatic rings. The van der Waals surface area contributed by atoms with Gasteiger partial charge in [-0.3, -0.25) is 0 Å². The maximum Gasteiger partial charge on any atom is 0.217 e. The van der Waals surface area contributed by atoms with Gasteiger partial charge in [-0.15, -0.1) is 17.0 Å². The van der Waals surface area contributed by atoms with Crippen molar-refractivity contribution in [3.63, 3.8) is 0 Å². The first-order valence-corrected chi connectivity index (χ1v) is 2.48. The van der Waals surface area contributed by atoms with Crippen molar-refractivity contribution in [2.24, 2.45) is 4.36 Å². The molecule has 0 aromatic rings. The molecule has 0 rings (SSSR count). The largest absolute Gasteiger partial charge is 0.217 e. The second-order valence-corrected chi connectivity index (χ2v) is 1.64. The van der Waals surface area contributed by atoms with Crippen LogP contribution in [0.4, 0.5) is 0 Å². The summed E-state index contributed by atoms with van der Waals surface area (Å²) in [6.45, 7) is 0. The molecule has 0 aliphatic carbocycles. The Morgan fingerprint density at radius 2 is 2.12 bits per heavy atom.